The van der Waals surface area contributed by atoms with Gasteiger partial charge in [-0.15, -0.1) is 10.2 Å². The molecule has 0 aliphatic rings. The Morgan fingerprint density at radius 2 is 1.86 bits per heavy atom. The Labute approximate surface area is 136 Å². The number of aryl methyl sites for hydroxylation is 1. The Morgan fingerprint density at radius 1 is 1.24 bits per heavy atom. The molecule has 0 unspecified atom stereocenters. The quantitative estimate of drug-likeness (QED) is 0.731. The smallest absolute Gasteiger partial charge is 0.291 e. The van der Waals surface area contributed by atoms with Crippen LogP contribution in [0, 0.1) is 6.92 Å². The number of hydrogen-bond donors (Lipinski definition) is 0. The van der Waals surface area contributed by atoms with Crippen LogP contribution in [0.15, 0.2) is 27.8 Å². The molecule has 0 saturated heterocycles. The van der Waals surface area contributed by atoms with Gasteiger partial charge in [0.1, 0.15) is 0 Å². The topological polar surface area (TPSA) is 64.8 Å². The molecule has 0 bridgehead atoms. The lowest BCUT2D eigenvalue weighted by Gasteiger charge is -2.24. The van der Waals surface area contributed by atoms with E-state index >= 15 is 0 Å². The number of rotatable bonds is 2. The van der Waals surface area contributed by atoms with E-state index in [0.29, 0.717) is 5.82 Å². The van der Waals surface area contributed by atoms with E-state index in [1.165, 1.54) is 4.57 Å². The van der Waals surface area contributed by atoms with Gasteiger partial charge in [-0.1, -0.05) is 28.1 Å². The average Bonchev–Trinajstić information content (AvgIpc) is 2.76. The van der Waals surface area contributed by atoms with Crippen molar-refractivity contribution in [1.29, 1.82) is 0 Å². The first-order valence-electron chi connectivity index (χ1n) is 6.19. The second-order valence-electron chi connectivity index (χ2n) is 5.71. The Morgan fingerprint density at radius 3 is 2.33 bits per heavy atom. The van der Waals surface area contributed by atoms with Gasteiger partial charge in [0.05, 0.1) is 0 Å². The zero-order valence-electron chi connectivity index (χ0n) is 12.1. The van der Waals surface area contributed by atoms with Crippen LogP contribution in [0.4, 0.5) is 0 Å². The predicted octanol–water partition coefficient (Wildman–Crippen LogP) is 3.70. The zero-order chi connectivity index (χ0) is 16.0. The summed E-state index contributed by atoms with van der Waals surface area (Å²) in [5.74, 6) is 0.461. The molecular weight excluding hydrogens is 378 g/mol. The normalized spacial score (nSPS) is 12.7. The molecule has 0 fully saturated rings. The molecular formula is C13H15BrClN3O2S. The van der Waals surface area contributed by atoms with Gasteiger partial charge < -0.3 is 0 Å². The van der Waals surface area contributed by atoms with Crippen molar-refractivity contribution in [1.82, 2.24) is 14.8 Å². The molecule has 2 aromatic rings. The lowest BCUT2D eigenvalue weighted by molar-refractivity contribution is 0.367. The summed E-state index contributed by atoms with van der Waals surface area (Å²) in [7, 11) is 1.49. The van der Waals surface area contributed by atoms with Crippen LogP contribution in [0.1, 0.15) is 26.3 Å². The number of halogens is 2. The van der Waals surface area contributed by atoms with E-state index in [4.69, 9.17) is 10.7 Å². The van der Waals surface area contributed by atoms with Crippen LogP contribution in [0.25, 0.3) is 11.4 Å². The molecule has 5 nitrogen and oxygen atoms in total. The van der Waals surface area contributed by atoms with Gasteiger partial charge in [-0.05, 0) is 39.3 Å². The van der Waals surface area contributed by atoms with Crippen LogP contribution in [0.3, 0.4) is 0 Å². The second-order valence-corrected chi connectivity index (χ2v) is 9.03. The monoisotopic (exact) mass is 391 g/mol. The third-order valence-corrected chi connectivity index (χ3v) is 4.92. The van der Waals surface area contributed by atoms with Crippen LogP contribution >= 0.6 is 26.6 Å². The zero-order valence-corrected chi connectivity index (χ0v) is 15.2. The van der Waals surface area contributed by atoms with Crippen molar-refractivity contribution in [3.63, 3.8) is 0 Å². The number of benzene rings is 1. The minimum Gasteiger partial charge on any atom is -0.291 e. The highest BCUT2D eigenvalue weighted by atomic mass is 79.9. The maximum Gasteiger partial charge on any atom is 0.296 e. The molecule has 0 aliphatic heterocycles. The standard InChI is InChI=1S/C13H15BrClN3O2S/c1-8-5-6-9(7-10(8)14)11-16-17-12(21(15,19)20)18(11)13(2,3)4/h5-7H,1-4H3. The van der Waals surface area contributed by atoms with E-state index in [-0.39, 0.29) is 5.16 Å². The van der Waals surface area contributed by atoms with Crippen molar-refractivity contribution in [3.8, 4) is 11.4 Å². The summed E-state index contributed by atoms with van der Waals surface area (Å²) in [5, 5.41) is 7.53. The molecule has 21 heavy (non-hydrogen) atoms. The van der Waals surface area contributed by atoms with Crippen molar-refractivity contribution < 1.29 is 8.42 Å². The van der Waals surface area contributed by atoms with Crippen molar-refractivity contribution in [2.75, 3.05) is 0 Å². The fourth-order valence-electron chi connectivity index (χ4n) is 1.95. The van der Waals surface area contributed by atoms with Gasteiger partial charge in [0.2, 0.25) is 0 Å². The van der Waals surface area contributed by atoms with Gasteiger partial charge in [-0.3, -0.25) is 4.57 Å². The van der Waals surface area contributed by atoms with Crippen LogP contribution in [-0.4, -0.2) is 23.2 Å². The van der Waals surface area contributed by atoms with Crippen molar-refractivity contribution in [2.45, 2.75) is 38.4 Å². The number of nitrogens with zero attached hydrogens (tertiary/aromatic N) is 3. The highest BCUT2D eigenvalue weighted by Crippen LogP contribution is 2.31. The Balaban J connectivity index is 2.76. The van der Waals surface area contributed by atoms with Gasteiger partial charge in [0.25, 0.3) is 14.2 Å². The minimum atomic E-state index is -3.97. The highest BCUT2D eigenvalue weighted by Gasteiger charge is 2.30. The molecule has 1 aromatic heterocycles. The fourth-order valence-corrected chi connectivity index (χ4v) is 3.35. The maximum absolute atomic E-state index is 11.7. The number of hydrogen-bond acceptors (Lipinski definition) is 4. The first kappa shape index (κ1) is 16.5. The molecule has 0 saturated carbocycles. The van der Waals surface area contributed by atoms with E-state index < -0.39 is 14.6 Å². The summed E-state index contributed by atoms with van der Waals surface area (Å²) < 4.78 is 25.8. The Hall–Kier alpha value is -0.920. The maximum atomic E-state index is 11.7. The van der Waals surface area contributed by atoms with Crippen molar-refractivity contribution in [3.05, 3.63) is 28.2 Å². The average molecular weight is 393 g/mol. The van der Waals surface area contributed by atoms with Gasteiger partial charge >= 0.3 is 0 Å². The summed E-state index contributed by atoms with van der Waals surface area (Å²) in [6.07, 6.45) is 0. The first-order chi connectivity index (χ1) is 9.51. The molecule has 0 N–H and O–H groups in total. The van der Waals surface area contributed by atoms with E-state index in [9.17, 15) is 8.42 Å². The van der Waals surface area contributed by atoms with Crippen molar-refractivity contribution in [2.24, 2.45) is 0 Å². The van der Waals surface area contributed by atoms with Crippen molar-refractivity contribution >= 4 is 35.7 Å². The summed E-state index contributed by atoms with van der Waals surface area (Å²) in [4.78, 5) is 0. The van der Waals surface area contributed by atoms with Gasteiger partial charge in [-0.25, -0.2) is 8.42 Å². The molecule has 1 heterocycles. The van der Waals surface area contributed by atoms with Crippen LogP contribution < -0.4 is 0 Å². The fraction of sp³-hybridized carbons (Fsp3) is 0.385. The van der Waals surface area contributed by atoms with Gasteiger partial charge in [0, 0.05) is 26.3 Å². The Kier molecular flexibility index (Phi) is 4.21. The third kappa shape index (κ3) is 3.30. The van der Waals surface area contributed by atoms with Crippen LogP contribution in [-0.2, 0) is 14.6 Å². The number of aromatic nitrogens is 3. The van der Waals surface area contributed by atoms with Gasteiger partial charge in [-0.2, -0.15) is 0 Å². The van der Waals surface area contributed by atoms with Crippen LogP contribution in [0.5, 0.6) is 0 Å². The summed E-state index contributed by atoms with van der Waals surface area (Å²) >= 11 is 3.46. The molecule has 0 radical (unpaired) electrons. The highest BCUT2D eigenvalue weighted by molar-refractivity contribution is 9.10. The SMILES string of the molecule is Cc1ccc(-c2nnc(S(=O)(=O)Cl)n2C(C)(C)C)cc1Br. The molecule has 0 amide bonds. The van der Waals surface area contributed by atoms with Crippen LogP contribution in [0.2, 0.25) is 0 Å². The summed E-state index contributed by atoms with van der Waals surface area (Å²) in [6, 6.07) is 5.68. The van der Waals surface area contributed by atoms with E-state index in [1.807, 2.05) is 45.9 Å². The minimum absolute atomic E-state index is 0.247. The third-order valence-electron chi connectivity index (χ3n) is 2.95. The largest absolute Gasteiger partial charge is 0.296 e. The summed E-state index contributed by atoms with van der Waals surface area (Å²) in [5.41, 5.74) is 1.31. The lowest BCUT2D eigenvalue weighted by Crippen LogP contribution is -2.25. The molecule has 114 valence electrons. The lowest BCUT2D eigenvalue weighted by atomic mass is 10.1. The second kappa shape index (κ2) is 5.37. The molecule has 8 heteroatoms. The molecule has 1 aromatic carbocycles. The van der Waals surface area contributed by atoms with E-state index in [2.05, 4.69) is 26.1 Å². The van der Waals surface area contributed by atoms with Gasteiger partial charge in [0.15, 0.2) is 5.82 Å². The summed E-state index contributed by atoms with van der Waals surface area (Å²) in [6.45, 7) is 7.58. The van der Waals surface area contributed by atoms with E-state index in [1.54, 1.807) is 0 Å². The van der Waals surface area contributed by atoms with E-state index in [0.717, 1.165) is 15.6 Å². The first-order valence-corrected chi connectivity index (χ1v) is 9.29. The molecule has 0 atom stereocenters. The molecule has 0 spiro atoms. The molecule has 0 aliphatic carbocycles. The molecule has 2 rings (SSSR count). The predicted molar refractivity (Wildman–Crippen MR) is 85.9 cm³/mol. The Bertz CT molecular complexity index is 794.